The molecule has 20 heavy (non-hydrogen) atoms. The predicted molar refractivity (Wildman–Crippen MR) is 79.4 cm³/mol. The standard InChI is InChI=1S/C16H23FN2O/c1-11(2)18-9-12(3)10-19-15-8-14(17)6-4-13(15)5-7-16(19)20/h4,6,8,11-12,18H,5,7,9-10H2,1-3H3. The van der Waals surface area contributed by atoms with E-state index in [0.29, 0.717) is 31.3 Å². The molecule has 1 atom stereocenters. The maximum atomic E-state index is 13.4. The molecule has 1 aromatic carbocycles. The number of nitrogens with zero attached hydrogens (tertiary/aromatic N) is 1. The second-order valence-corrected chi connectivity index (χ2v) is 5.95. The Balaban J connectivity index is 2.11. The van der Waals surface area contributed by atoms with Crippen LogP contribution in [0, 0.1) is 11.7 Å². The van der Waals surface area contributed by atoms with E-state index < -0.39 is 0 Å². The van der Waals surface area contributed by atoms with Gasteiger partial charge in [0.25, 0.3) is 0 Å². The third kappa shape index (κ3) is 3.57. The van der Waals surface area contributed by atoms with Crippen LogP contribution in [0.3, 0.4) is 0 Å². The van der Waals surface area contributed by atoms with Gasteiger partial charge in [-0.25, -0.2) is 4.39 Å². The summed E-state index contributed by atoms with van der Waals surface area (Å²) in [6.45, 7) is 7.80. The summed E-state index contributed by atoms with van der Waals surface area (Å²) in [5.41, 5.74) is 1.81. The molecule has 1 aliphatic heterocycles. The molecule has 3 nitrogen and oxygen atoms in total. The van der Waals surface area contributed by atoms with Crippen LogP contribution < -0.4 is 10.2 Å². The first-order valence-corrected chi connectivity index (χ1v) is 7.29. The number of anilines is 1. The summed E-state index contributed by atoms with van der Waals surface area (Å²) < 4.78 is 13.4. The Morgan fingerprint density at radius 3 is 2.75 bits per heavy atom. The summed E-state index contributed by atoms with van der Waals surface area (Å²) in [6.07, 6.45) is 1.23. The monoisotopic (exact) mass is 278 g/mol. The number of aryl methyl sites for hydroxylation is 1. The summed E-state index contributed by atoms with van der Waals surface area (Å²) in [7, 11) is 0. The minimum atomic E-state index is -0.281. The molecule has 1 amide bonds. The van der Waals surface area contributed by atoms with Crippen molar-refractivity contribution in [2.45, 2.75) is 39.7 Å². The van der Waals surface area contributed by atoms with Gasteiger partial charge in [0.05, 0.1) is 0 Å². The van der Waals surface area contributed by atoms with Gasteiger partial charge in [0.15, 0.2) is 0 Å². The highest BCUT2D eigenvalue weighted by atomic mass is 19.1. The molecule has 1 heterocycles. The van der Waals surface area contributed by atoms with Crippen molar-refractivity contribution in [2.75, 3.05) is 18.0 Å². The van der Waals surface area contributed by atoms with Crippen LogP contribution in [0.2, 0.25) is 0 Å². The lowest BCUT2D eigenvalue weighted by atomic mass is 9.99. The second-order valence-electron chi connectivity index (χ2n) is 5.95. The van der Waals surface area contributed by atoms with E-state index in [1.54, 1.807) is 11.0 Å². The number of rotatable bonds is 5. The number of halogens is 1. The molecule has 2 rings (SSSR count). The quantitative estimate of drug-likeness (QED) is 0.898. The molecule has 0 fully saturated rings. The number of nitrogens with one attached hydrogen (secondary N) is 1. The molecule has 0 aliphatic carbocycles. The van der Waals surface area contributed by atoms with Gasteiger partial charge in [-0.05, 0) is 36.6 Å². The lowest BCUT2D eigenvalue weighted by molar-refractivity contribution is -0.119. The Labute approximate surface area is 120 Å². The molecule has 4 heteroatoms. The summed E-state index contributed by atoms with van der Waals surface area (Å²) in [5.74, 6) is 0.145. The van der Waals surface area contributed by atoms with Crippen LogP contribution in [0.5, 0.6) is 0 Å². The number of carbonyl (C=O) groups excluding carboxylic acids is 1. The van der Waals surface area contributed by atoms with E-state index in [2.05, 4.69) is 26.1 Å². The zero-order chi connectivity index (χ0) is 14.7. The molecule has 0 bridgehead atoms. The average Bonchev–Trinajstić information content (AvgIpc) is 2.40. The molecule has 0 aromatic heterocycles. The van der Waals surface area contributed by atoms with Gasteiger partial charge in [0.1, 0.15) is 5.82 Å². The minimum absolute atomic E-state index is 0.0968. The van der Waals surface area contributed by atoms with Crippen LogP contribution in [-0.2, 0) is 11.2 Å². The van der Waals surface area contributed by atoms with Crippen LogP contribution in [0.25, 0.3) is 0 Å². The Morgan fingerprint density at radius 1 is 1.30 bits per heavy atom. The van der Waals surface area contributed by atoms with E-state index in [0.717, 1.165) is 17.8 Å². The first-order valence-electron chi connectivity index (χ1n) is 7.29. The van der Waals surface area contributed by atoms with E-state index in [4.69, 9.17) is 0 Å². The molecule has 0 radical (unpaired) electrons. The first-order chi connectivity index (χ1) is 9.47. The summed E-state index contributed by atoms with van der Waals surface area (Å²) in [4.78, 5) is 13.9. The summed E-state index contributed by atoms with van der Waals surface area (Å²) in [6, 6.07) is 5.17. The van der Waals surface area contributed by atoms with Crippen molar-refractivity contribution in [1.82, 2.24) is 5.32 Å². The summed E-state index contributed by atoms with van der Waals surface area (Å²) in [5, 5.41) is 3.37. The number of benzene rings is 1. The van der Waals surface area contributed by atoms with Gasteiger partial charge >= 0.3 is 0 Å². The number of amides is 1. The molecular formula is C16H23FN2O. The molecule has 1 N–H and O–H groups in total. The fourth-order valence-corrected chi connectivity index (χ4v) is 2.52. The Hall–Kier alpha value is -1.42. The molecule has 0 saturated carbocycles. The third-order valence-corrected chi connectivity index (χ3v) is 3.62. The first kappa shape index (κ1) is 15.0. The minimum Gasteiger partial charge on any atom is -0.314 e. The van der Waals surface area contributed by atoms with Gasteiger partial charge < -0.3 is 10.2 Å². The number of hydrogen-bond acceptors (Lipinski definition) is 2. The maximum absolute atomic E-state index is 13.4. The Kier molecular flexibility index (Phi) is 4.76. The number of carbonyl (C=O) groups is 1. The highest BCUT2D eigenvalue weighted by molar-refractivity contribution is 5.96. The molecule has 1 unspecified atom stereocenters. The van der Waals surface area contributed by atoms with Gasteiger partial charge in [-0.3, -0.25) is 4.79 Å². The van der Waals surface area contributed by atoms with E-state index >= 15 is 0 Å². The van der Waals surface area contributed by atoms with Crippen LogP contribution >= 0.6 is 0 Å². The largest absolute Gasteiger partial charge is 0.314 e. The molecular weight excluding hydrogens is 255 g/mol. The zero-order valence-electron chi connectivity index (χ0n) is 12.4. The van der Waals surface area contributed by atoms with Crippen molar-refractivity contribution in [3.05, 3.63) is 29.6 Å². The maximum Gasteiger partial charge on any atom is 0.227 e. The normalized spacial score (nSPS) is 16.4. The Morgan fingerprint density at radius 2 is 2.05 bits per heavy atom. The molecule has 0 saturated heterocycles. The fraction of sp³-hybridized carbons (Fsp3) is 0.562. The van der Waals surface area contributed by atoms with E-state index in [1.165, 1.54) is 12.1 Å². The van der Waals surface area contributed by atoms with Gasteiger partial charge in [-0.15, -0.1) is 0 Å². The van der Waals surface area contributed by atoms with Crippen molar-refractivity contribution < 1.29 is 9.18 Å². The van der Waals surface area contributed by atoms with Gasteiger partial charge in [0.2, 0.25) is 5.91 Å². The van der Waals surface area contributed by atoms with Gasteiger partial charge in [0, 0.05) is 24.7 Å². The zero-order valence-corrected chi connectivity index (χ0v) is 12.4. The van der Waals surface area contributed by atoms with Gasteiger partial charge in [-0.2, -0.15) is 0 Å². The van der Waals surface area contributed by atoms with Crippen LogP contribution in [-0.4, -0.2) is 25.0 Å². The van der Waals surface area contributed by atoms with Crippen molar-refractivity contribution in [1.29, 1.82) is 0 Å². The van der Waals surface area contributed by atoms with Crippen molar-refractivity contribution in [3.63, 3.8) is 0 Å². The smallest absolute Gasteiger partial charge is 0.227 e. The number of fused-ring (bicyclic) bond motifs is 1. The fourth-order valence-electron chi connectivity index (χ4n) is 2.52. The highest BCUT2D eigenvalue weighted by Crippen LogP contribution is 2.29. The lowest BCUT2D eigenvalue weighted by Gasteiger charge is -2.32. The second kappa shape index (κ2) is 6.35. The number of hydrogen-bond donors (Lipinski definition) is 1. The summed E-state index contributed by atoms with van der Waals surface area (Å²) >= 11 is 0. The Bertz CT molecular complexity index is 487. The van der Waals surface area contributed by atoms with Gasteiger partial charge in [-0.1, -0.05) is 26.8 Å². The SMILES string of the molecule is CC(CNC(C)C)CN1C(=O)CCc2ccc(F)cc21. The highest BCUT2D eigenvalue weighted by Gasteiger charge is 2.25. The predicted octanol–water partition coefficient (Wildman–Crippen LogP) is 2.74. The molecule has 0 spiro atoms. The molecule has 110 valence electrons. The van der Waals surface area contributed by atoms with Crippen LogP contribution in [0.4, 0.5) is 10.1 Å². The average molecular weight is 278 g/mol. The van der Waals surface area contributed by atoms with Crippen molar-refractivity contribution in [3.8, 4) is 0 Å². The van der Waals surface area contributed by atoms with E-state index in [-0.39, 0.29) is 11.7 Å². The van der Waals surface area contributed by atoms with E-state index in [9.17, 15) is 9.18 Å². The molecule has 1 aliphatic rings. The van der Waals surface area contributed by atoms with E-state index in [1.807, 2.05) is 0 Å². The van der Waals surface area contributed by atoms with Crippen molar-refractivity contribution >= 4 is 11.6 Å². The van der Waals surface area contributed by atoms with Crippen molar-refractivity contribution in [2.24, 2.45) is 5.92 Å². The van der Waals surface area contributed by atoms with Crippen LogP contribution in [0.15, 0.2) is 18.2 Å². The van der Waals surface area contributed by atoms with Crippen LogP contribution in [0.1, 0.15) is 32.8 Å². The third-order valence-electron chi connectivity index (χ3n) is 3.62. The molecule has 1 aromatic rings. The topological polar surface area (TPSA) is 32.3 Å². The lowest BCUT2D eigenvalue weighted by Crippen LogP contribution is -2.41.